The maximum atomic E-state index is 12.4. The Labute approximate surface area is 134 Å². The van der Waals surface area contributed by atoms with E-state index in [0.717, 1.165) is 12.8 Å². The van der Waals surface area contributed by atoms with Crippen LogP contribution in [0.25, 0.3) is 11.0 Å². The monoisotopic (exact) mass is 344 g/mol. The van der Waals surface area contributed by atoms with Gasteiger partial charge in [0.05, 0.1) is 4.90 Å². The standard InChI is InChI=1S/C14H16N2O4S.ClH/c15-8-12(9-1-2-9)16-21(18,19)11-4-5-13-10(7-11)3-6-14(17)20-13;/h3-7,9,12,16H,1-2,8,15H2;1H. The fourth-order valence-corrected chi connectivity index (χ4v) is 3.67. The van der Waals surface area contributed by atoms with Crippen LogP contribution in [-0.4, -0.2) is 21.0 Å². The number of fused-ring (bicyclic) bond motifs is 1. The van der Waals surface area contributed by atoms with Gasteiger partial charge in [-0.2, -0.15) is 0 Å². The molecule has 1 unspecified atom stereocenters. The van der Waals surface area contributed by atoms with Crippen molar-refractivity contribution in [1.82, 2.24) is 4.72 Å². The highest BCUT2D eigenvalue weighted by Crippen LogP contribution is 2.33. The third kappa shape index (κ3) is 3.49. The molecule has 0 bridgehead atoms. The van der Waals surface area contributed by atoms with E-state index < -0.39 is 15.6 Å². The van der Waals surface area contributed by atoms with Gasteiger partial charge in [0.25, 0.3) is 0 Å². The highest BCUT2D eigenvalue weighted by atomic mass is 35.5. The Morgan fingerprint density at radius 2 is 2.00 bits per heavy atom. The van der Waals surface area contributed by atoms with Crippen molar-refractivity contribution >= 4 is 33.4 Å². The molecule has 0 amide bonds. The minimum atomic E-state index is -3.63. The molecule has 1 aliphatic carbocycles. The quantitative estimate of drug-likeness (QED) is 0.794. The Hall–Kier alpha value is -1.41. The minimum Gasteiger partial charge on any atom is -0.423 e. The van der Waals surface area contributed by atoms with E-state index in [1.54, 1.807) is 6.07 Å². The summed E-state index contributed by atoms with van der Waals surface area (Å²) in [6.07, 6.45) is 2.01. The molecule has 1 heterocycles. The summed E-state index contributed by atoms with van der Waals surface area (Å²) < 4.78 is 32.4. The second-order valence-electron chi connectivity index (χ2n) is 5.25. The first-order valence-corrected chi connectivity index (χ1v) is 8.24. The third-order valence-electron chi connectivity index (χ3n) is 3.65. The van der Waals surface area contributed by atoms with Gasteiger partial charge in [0.2, 0.25) is 10.0 Å². The summed E-state index contributed by atoms with van der Waals surface area (Å²) in [7, 11) is -3.63. The Bertz CT molecular complexity index is 830. The molecule has 0 aliphatic heterocycles. The Kier molecular flexibility index (Phi) is 4.91. The summed E-state index contributed by atoms with van der Waals surface area (Å²) in [4.78, 5) is 11.3. The van der Waals surface area contributed by atoms with Gasteiger partial charge in [0, 0.05) is 24.0 Å². The lowest BCUT2D eigenvalue weighted by Gasteiger charge is -2.16. The lowest BCUT2D eigenvalue weighted by Crippen LogP contribution is -2.41. The lowest BCUT2D eigenvalue weighted by molar-refractivity contribution is 0.519. The number of benzene rings is 1. The molecule has 1 aromatic heterocycles. The molecule has 0 spiro atoms. The summed E-state index contributed by atoms with van der Waals surface area (Å²) in [5.74, 6) is 0.336. The van der Waals surface area contributed by atoms with E-state index in [4.69, 9.17) is 10.2 Å². The van der Waals surface area contributed by atoms with Crippen LogP contribution in [0.4, 0.5) is 0 Å². The number of hydrogen-bond donors (Lipinski definition) is 2. The van der Waals surface area contributed by atoms with Crippen LogP contribution < -0.4 is 16.1 Å². The highest BCUT2D eigenvalue weighted by Gasteiger charge is 2.33. The van der Waals surface area contributed by atoms with Gasteiger partial charge in [0.1, 0.15) is 5.58 Å². The number of nitrogens with one attached hydrogen (secondary N) is 1. The first-order valence-electron chi connectivity index (χ1n) is 6.76. The van der Waals surface area contributed by atoms with Crippen LogP contribution in [0.2, 0.25) is 0 Å². The number of sulfonamides is 1. The van der Waals surface area contributed by atoms with Crippen LogP contribution >= 0.6 is 12.4 Å². The van der Waals surface area contributed by atoms with E-state index in [1.165, 1.54) is 24.3 Å². The number of hydrogen-bond acceptors (Lipinski definition) is 5. The van der Waals surface area contributed by atoms with Crippen LogP contribution in [0.1, 0.15) is 12.8 Å². The van der Waals surface area contributed by atoms with E-state index >= 15 is 0 Å². The zero-order valence-electron chi connectivity index (χ0n) is 11.7. The van der Waals surface area contributed by atoms with Gasteiger partial charge in [-0.1, -0.05) is 0 Å². The van der Waals surface area contributed by atoms with Crippen LogP contribution in [-0.2, 0) is 10.0 Å². The second-order valence-corrected chi connectivity index (χ2v) is 6.97. The van der Waals surface area contributed by atoms with Crippen molar-refractivity contribution in [2.75, 3.05) is 6.54 Å². The van der Waals surface area contributed by atoms with Crippen molar-refractivity contribution in [3.63, 3.8) is 0 Å². The molecule has 0 radical (unpaired) electrons. The Balaban J connectivity index is 0.00000176. The Morgan fingerprint density at radius 3 is 2.64 bits per heavy atom. The highest BCUT2D eigenvalue weighted by molar-refractivity contribution is 7.89. The fraction of sp³-hybridized carbons (Fsp3) is 0.357. The maximum absolute atomic E-state index is 12.4. The van der Waals surface area contributed by atoms with Crippen LogP contribution in [0.15, 0.2) is 44.4 Å². The predicted molar refractivity (Wildman–Crippen MR) is 85.6 cm³/mol. The molecular weight excluding hydrogens is 328 g/mol. The number of nitrogens with two attached hydrogens (primary N) is 1. The molecule has 6 nitrogen and oxygen atoms in total. The van der Waals surface area contributed by atoms with Crippen molar-refractivity contribution in [2.24, 2.45) is 11.7 Å². The second kappa shape index (κ2) is 6.37. The topological polar surface area (TPSA) is 102 Å². The molecule has 8 heteroatoms. The van der Waals surface area contributed by atoms with Crippen LogP contribution in [0.5, 0.6) is 0 Å². The van der Waals surface area contributed by atoms with E-state index in [9.17, 15) is 13.2 Å². The van der Waals surface area contributed by atoms with Crippen LogP contribution in [0.3, 0.4) is 0 Å². The molecule has 0 saturated heterocycles. The average molecular weight is 345 g/mol. The van der Waals surface area contributed by atoms with E-state index in [2.05, 4.69) is 4.72 Å². The van der Waals surface area contributed by atoms with Gasteiger partial charge in [-0.05, 0) is 43.0 Å². The number of rotatable bonds is 5. The first kappa shape index (κ1) is 17.0. The lowest BCUT2D eigenvalue weighted by atomic mass is 10.2. The summed E-state index contributed by atoms with van der Waals surface area (Å²) >= 11 is 0. The molecule has 3 N–H and O–H groups in total. The van der Waals surface area contributed by atoms with Gasteiger partial charge < -0.3 is 10.2 Å². The molecule has 1 saturated carbocycles. The average Bonchev–Trinajstić information content (AvgIpc) is 3.28. The van der Waals surface area contributed by atoms with Gasteiger partial charge in [-0.15, -0.1) is 12.4 Å². The summed E-state index contributed by atoms with van der Waals surface area (Å²) in [6, 6.07) is 6.98. The number of halogens is 1. The van der Waals surface area contributed by atoms with Gasteiger partial charge in [-0.3, -0.25) is 0 Å². The van der Waals surface area contributed by atoms with E-state index in [1.807, 2.05) is 0 Å². The molecule has 2 aromatic rings. The largest absolute Gasteiger partial charge is 0.423 e. The molecular formula is C14H17ClN2O4S. The summed E-state index contributed by atoms with van der Waals surface area (Å²) in [5, 5.41) is 0.563. The maximum Gasteiger partial charge on any atom is 0.336 e. The van der Waals surface area contributed by atoms with Crippen LogP contribution in [0, 0.1) is 5.92 Å². The third-order valence-corrected chi connectivity index (χ3v) is 5.14. The molecule has 1 aliphatic rings. The zero-order valence-corrected chi connectivity index (χ0v) is 13.3. The van der Waals surface area contributed by atoms with Gasteiger partial charge >= 0.3 is 5.63 Å². The van der Waals surface area contributed by atoms with Gasteiger partial charge in [0.15, 0.2) is 0 Å². The zero-order chi connectivity index (χ0) is 15.0. The summed E-state index contributed by atoms with van der Waals surface area (Å²) in [6.45, 7) is 0.284. The fourth-order valence-electron chi connectivity index (χ4n) is 2.32. The predicted octanol–water partition coefficient (Wildman–Crippen LogP) is 1.23. The van der Waals surface area contributed by atoms with Crippen molar-refractivity contribution in [3.05, 3.63) is 40.8 Å². The van der Waals surface area contributed by atoms with E-state index in [-0.39, 0.29) is 29.9 Å². The van der Waals surface area contributed by atoms with Gasteiger partial charge in [-0.25, -0.2) is 17.9 Å². The molecule has 1 aromatic carbocycles. The summed E-state index contributed by atoms with van der Waals surface area (Å²) in [5.41, 5.74) is 5.53. The smallest absolute Gasteiger partial charge is 0.336 e. The van der Waals surface area contributed by atoms with Crippen molar-refractivity contribution in [2.45, 2.75) is 23.8 Å². The minimum absolute atomic E-state index is 0. The van der Waals surface area contributed by atoms with Crippen molar-refractivity contribution in [3.8, 4) is 0 Å². The van der Waals surface area contributed by atoms with E-state index in [0.29, 0.717) is 16.9 Å². The normalized spacial score (nSPS) is 16.2. The van der Waals surface area contributed by atoms with Crippen molar-refractivity contribution in [1.29, 1.82) is 0 Å². The van der Waals surface area contributed by atoms with Crippen molar-refractivity contribution < 1.29 is 12.8 Å². The molecule has 3 rings (SSSR count). The Morgan fingerprint density at radius 1 is 1.27 bits per heavy atom. The molecule has 1 fully saturated rings. The molecule has 120 valence electrons. The molecule has 1 atom stereocenters. The SMILES string of the molecule is Cl.NCC(NS(=O)(=O)c1ccc2oc(=O)ccc2c1)C1CC1. The first-order chi connectivity index (χ1) is 9.99. The molecule has 22 heavy (non-hydrogen) atoms.